The summed E-state index contributed by atoms with van der Waals surface area (Å²) < 4.78 is 35.6. The number of nitrogens with two attached hydrogens (primary N) is 1. The zero-order chi connectivity index (χ0) is 11.1. The van der Waals surface area contributed by atoms with Gasteiger partial charge in [0.15, 0.2) is 0 Å². The Hall–Kier alpha value is -0.290. The molecule has 1 saturated carbocycles. The fourth-order valence-corrected chi connectivity index (χ4v) is 2.36. The SMILES string of the molecule is NC1(C2CC2)CN(CCCC(F)(F)F)C1. The van der Waals surface area contributed by atoms with Crippen molar-refractivity contribution in [2.45, 2.75) is 37.4 Å². The second-order valence-electron chi connectivity index (χ2n) is 4.94. The number of likely N-dealkylation sites (tertiary alicyclic amines) is 1. The third-order valence-electron chi connectivity index (χ3n) is 3.36. The van der Waals surface area contributed by atoms with E-state index in [9.17, 15) is 13.2 Å². The quantitative estimate of drug-likeness (QED) is 0.785. The highest BCUT2D eigenvalue weighted by Gasteiger charge is 2.49. The fraction of sp³-hybridized carbons (Fsp3) is 1.00. The van der Waals surface area contributed by atoms with Crippen LogP contribution >= 0.6 is 0 Å². The molecular weight excluding hydrogens is 205 g/mol. The van der Waals surface area contributed by atoms with E-state index in [4.69, 9.17) is 5.73 Å². The van der Waals surface area contributed by atoms with Crippen LogP contribution in [0.3, 0.4) is 0 Å². The standard InChI is InChI=1S/C10H17F3N2/c11-10(12,13)4-1-5-15-6-9(14,7-15)8-2-3-8/h8H,1-7,14H2. The van der Waals surface area contributed by atoms with E-state index < -0.39 is 12.6 Å². The molecule has 88 valence electrons. The maximum Gasteiger partial charge on any atom is 0.389 e. The van der Waals surface area contributed by atoms with E-state index in [0.717, 1.165) is 13.1 Å². The van der Waals surface area contributed by atoms with Gasteiger partial charge in [-0.3, -0.25) is 4.90 Å². The van der Waals surface area contributed by atoms with Gasteiger partial charge in [-0.15, -0.1) is 0 Å². The van der Waals surface area contributed by atoms with Crippen LogP contribution in [0.5, 0.6) is 0 Å². The molecule has 0 unspecified atom stereocenters. The van der Waals surface area contributed by atoms with Gasteiger partial charge >= 0.3 is 6.18 Å². The Morgan fingerprint density at radius 2 is 1.87 bits per heavy atom. The van der Waals surface area contributed by atoms with Crippen LogP contribution in [0, 0.1) is 5.92 Å². The number of rotatable bonds is 4. The highest BCUT2D eigenvalue weighted by Crippen LogP contribution is 2.42. The fourth-order valence-electron chi connectivity index (χ4n) is 2.36. The van der Waals surface area contributed by atoms with Crippen LogP contribution in [0.15, 0.2) is 0 Å². The van der Waals surface area contributed by atoms with Gasteiger partial charge in [0.2, 0.25) is 0 Å². The molecule has 1 saturated heterocycles. The molecule has 1 aliphatic carbocycles. The van der Waals surface area contributed by atoms with Crippen LogP contribution in [-0.2, 0) is 0 Å². The molecule has 2 nitrogen and oxygen atoms in total. The first kappa shape index (κ1) is 11.2. The number of halogens is 3. The first-order valence-corrected chi connectivity index (χ1v) is 5.47. The van der Waals surface area contributed by atoms with Crippen LogP contribution in [0.25, 0.3) is 0 Å². The lowest BCUT2D eigenvalue weighted by atomic mass is 9.85. The zero-order valence-electron chi connectivity index (χ0n) is 8.69. The summed E-state index contributed by atoms with van der Waals surface area (Å²) in [7, 11) is 0. The molecule has 0 amide bonds. The van der Waals surface area contributed by atoms with Gasteiger partial charge in [-0.1, -0.05) is 0 Å². The maximum atomic E-state index is 11.9. The van der Waals surface area contributed by atoms with Gasteiger partial charge in [0.25, 0.3) is 0 Å². The summed E-state index contributed by atoms with van der Waals surface area (Å²) in [5, 5.41) is 0. The topological polar surface area (TPSA) is 29.3 Å². The molecule has 0 aromatic rings. The van der Waals surface area contributed by atoms with Crippen molar-refractivity contribution in [3.8, 4) is 0 Å². The van der Waals surface area contributed by atoms with Gasteiger partial charge < -0.3 is 5.73 Å². The van der Waals surface area contributed by atoms with E-state index in [1.807, 2.05) is 4.90 Å². The molecule has 1 heterocycles. The molecule has 2 N–H and O–H groups in total. The molecule has 0 atom stereocenters. The molecule has 0 aromatic carbocycles. The first-order chi connectivity index (χ1) is 6.89. The van der Waals surface area contributed by atoms with E-state index >= 15 is 0 Å². The van der Waals surface area contributed by atoms with Crippen molar-refractivity contribution in [1.82, 2.24) is 4.90 Å². The summed E-state index contributed by atoms with van der Waals surface area (Å²) in [5.41, 5.74) is 6.02. The van der Waals surface area contributed by atoms with Gasteiger partial charge in [0.05, 0.1) is 0 Å². The predicted octanol–water partition coefficient (Wildman–Crippen LogP) is 1.75. The molecule has 0 radical (unpaired) electrons. The Bertz CT molecular complexity index is 229. The van der Waals surface area contributed by atoms with Gasteiger partial charge in [-0.2, -0.15) is 13.2 Å². The van der Waals surface area contributed by atoms with Gasteiger partial charge in [-0.25, -0.2) is 0 Å². The molecule has 1 aliphatic heterocycles. The average Bonchev–Trinajstić information content (AvgIpc) is 2.80. The Morgan fingerprint density at radius 1 is 1.27 bits per heavy atom. The third kappa shape index (κ3) is 2.84. The van der Waals surface area contributed by atoms with Crippen molar-refractivity contribution in [2.24, 2.45) is 11.7 Å². The largest absolute Gasteiger partial charge is 0.389 e. The van der Waals surface area contributed by atoms with Crippen molar-refractivity contribution in [3.05, 3.63) is 0 Å². The summed E-state index contributed by atoms with van der Waals surface area (Å²) in [6.45, 7) is 2.11. The number of hydrogen-bond acceptors (Lipinski definition) is 2. The number of nitrogens with zero attached hydrogens (tertiary/aromatic N) is 1. The predicted molar refractivity (Wildman–Crippen MR) is 51.4 cm³/mol. The van der Waals surface area contributed by atoms with E-state index in [2.05, 4.69) is 0 Å². The summed E-state index contributed by atoms with van der Waals surface area (Å²) in [5.74, 6) is 0.636. The van der Waals surface area contributed by atoms with Crippen molar-refractivity contribution in [2.75, 3.05) is 19.6 Å². The van der Waals surface area contributed by atoms with Crippen molar-refractivity contribution < 1.29 is 13.2 Å². The zero-order valence-corrected chi connectivity index (χ0v) is 8.69. The molecule has 0 spiro atoms. The molecular formula is C10H17F3N2. The molecule has 0 aromatic heterocycles. The summed E-state index contributed by atoms with van der Waals surface area (Å²) in [6.07, 6.45) is -2.09. The lowest BCUT2D eigenvalue weighted by Gasteiger charge is -2.48. The monoisotopic (exact) mass is 222 g/mol. The van der Waals surface area contributed by atoms with E-state index in [1.165, 1.54) is 12.8 Å². The van der Waals surface area contributed by atoms with Gasteiger partial charge in [0.1, 0.15) is 0 Å². The van der Waals surface area contributed by atoms with E-state index in [0.29, 0.717) is 12.5 Å². The van der Waals surface area contributed by atoms with Crippen LogP contribution < -0.4 is 5.73 Å². The van der Waals surface area contributed by atoms with Crippen molar-refractivity contribution in [1.29, 1.82) is 0 Å². The average molecular weight is 222 g/mol. The molecule has 15 heavy (non-hydrogen) atoms. The Balaban J connectivity index is 1.59. The van der Waals surface area contributed by atoms with E-state index in [-0.39, 0.29) is 12.0 Å². The summed E-state index contributed by atoms with van der Waals surface area (Å²) >= 11 is 0. The minimum atomic E-state index is -4.01. The second-order valence-corrected chi connectivity index (χ2v) is 4.94. The van der Waals surface area contributed by atoms with Crippen molar-refractivity contribution >= 4 is 0 Å². The highest BCUT2D eigenvalue weighted by molar-refractivity contribution is 5.08. The number of alkyl halides is 3. The van der Waals surface area contributed by atoms with Crippen LogP contribution in [0.1, 0.15) is 25.7 Å². The molecule has 2 fully saturated rings. The molecule has 0 bridgehead atoms. The van der Waals surface area contributed by atoms with Crippen LogP contribution in [-0.4, -0.2) is 36.2 Å². The highest BCUT2D eigenvalue weighted by atomic mass is 19.4. The normalized spacial score (nSPS) is 26.4. The maximum absolute atomic E-state index is 11.9. The minimum Gasteiger partial charge on any atom is -0.323 e. The second kappa shape index (κ2) is 3.63. The third-order valence-corrected chi connectivity index (χ3v) is 3.36. The molecule has 2 aliphatic rings. The van der Waals surface area contributed by atoms with Crippen LogP contribution in [0.2, 0.25) is 0 Å². The summed E-state index contributed by atoms with van der Waals surface area (Å²) in [4.78, 5) is 2.03. The Labute approximate surface area is 87.6 Å². The molecule has 5 heteroatoms. The van der Waals surface area contributed by atoms with Crippen molar-refractivity contribution in [3.63, 3.8) is 0 Å². The molecule has 2 rings (SSSR count). The first-order valence-electron chi connectivity index (χ1n) is 5.47. The Kier molecular flexibility index (Phi) is 2.71. The van der Waals surface area contributed by atoms with Gasteiger partial charge in [-0.05, 0) is 31.7 Å². The minimum absolute atomic E-state index is 0.0712. The van der Waals surface area contributed by atoms with E-state index in [1.54, 1.807) is 0 Å². The lowest BCUT2D eigenvalue weighted by molar-refractivity contribution is -0.137. The lowest BCUT2D eigenvalue weighted by Crippen LogP contribution is -2.68. The number of hydrogen-bond donors (Lipinski definition) is 1. The summed E-state index contributed by atoms with van der Waals surface area (Å²) in [6, 6.07) is 0. The van der Waals surface area contributed by atoms with Gasteiger partial charge in [0, 0.05) is 25.0 Å². The Morgan fingerprint density at radius 3 is 2.33 bits per heavy atom. The van der Waals surface area contributed by atoms with Crippen LogP contribution in [0.4, 0.5) is 13.2 Å². The smallest absolute Gasteiger partial charge is 0.323 e.